The van der Waals surface area contributed by atoms with Crippen LogP contribution in [0.25, 0.3) is 12.2 Å². The van der Waals surface area contributed by atoms with Crippen molar-refractivity contribution in [2.45, 2.75) is 19.9 Å². The number of aromatic nitrogens is 1. The summed E-state index contributed by atoms with van der Waals surface area (Å²) < 4.78 is 18.0. The third-order valence-corrected chi connectivity index (χ3v) is 6.67. The van der Waals surface area contributed by atoms with Crippen molar-refractivity contribution in [1.29, 1.82) is 0 Å². The van der Waals surface area contributed by atoms with Gasteiger partial charge in [0.1, 0.15) is 6.61 Å². The molecule has 0 amide bonds. The average molecular weight is 531 g/mol. The summed E-state index contributed by atoms with van der Waals surface area (Å²) in [6, 6.07) is 13.8. The molecular weight excluding hydrogens is 504 g/mol. The third-order valence-electron chi connectivity index (χ3n) is 5.67. The van der Waals surface area contributed by atoms with E-state index in [1.165, 1.54) is 36.0 Å². The van der Waals surface area contributed by atoms with Crippen LogP contribution >= 0.6 is 11.3 Å². The fraction of sp³-hybridized carbons (Fsp3) is 0.172. The molecule has 0 fully saturated rings. The van der Waals surface area contributed by atoms with Gasteiger partial charge in [-0.3, -0.25) is 14.2 Å². The van der Waals surface area contributed by atoms with E-state index in [-0.39, 0.29) is 29.2 Å². The van der Waals surface area contributed by atoms with Crippen molar-refractivity contribution < 1.29 is 23.8 Å². The molecule has 2 aromatic carbocycles. The second kappa shape index (κ2) is 11.7. The minimum Gasteiger partial charge on any atom is -0.493 e. The van der Waals surface area contributed by atoms with E-state index in [1.807, 2.05) is 36.4 Å². The number of thiazole rings is 1. The first-order valence-corrected chi connectivity index (χ1v) is 12.5. The Kier molecular flexibility index (Phi) is 8.18. The third kappa shape index (κ3) is 5.57. The van der Waals surface area contributed by atoms with Crippen molar-refractivity contribution in [3.8, 4) is 11.5 Å². The maximum absolute atomic E-state index is 13.7. The number of rotatable bonds is 8. The number of hydrogen-bond acceptors (Lipinski definition) is 8. The van der Waals surface area contributed by atoms with Gasteiger partial charge in [-0.1, -0.05) is 72.5 Å². The number of methoxy groups -OCH3 is 1. The molecule has 0 radical (unpaired) electrons. The molecule has 1 aromatic heterocycles. The Morgan fingerprint density at radius 2 is 1.92 bits per heavy atom. The first kappa shape index (κ1) is 26.6. The fourth-order valence-corrected chi connectivity index (χ4v) is 5.03. The smallest absolute Gasteiger partial charge is 0.338 e. The summed E-state index contributed by atoms with van der Waals surface area (Å²) in [5.74, 6) is -0.618. The molecule has 38 heavy (non-hydrogen) atoms. The lowest BCUT2D eigenvalue weighted by Gasteiger charge is -2.25. The quantitative estimate of drug-likeness (QED) is 0.251. The molecule has 1 aliphatic rings. The van der Waals surface area contributed by atoms with Crippen molar-refractivity contribution >= 4 is 35.4 Å². The molecule has 194 valence electrons. The highest BCUT2D eigenvalue weighted by atomic mass is 32.1. The molecule has 0 bridgehead atoms. The number of fused-ring (bicyclic) bond motifs is 1. The summed E-state index contributed by atoms with van der Waals surface area (Å²) in [6.07, 6.45) is 6.90. The van der Waals surface area contributed by atoms with Crippen LogP contribution in [0.5, 0.6) is 11.5 Å². The monoisotopic (exact) mass is 530 g/mol. The van der Waals surface area contributed by atoms with Crippen LogP contribution in [0.15, 0.2) is 88.3 Å². The van der Waals surface area contributed by atoms with Gasteiger partial charge in [0.25, 0.3) is 5.56 Å². The van der Waals surface area contributed by atoms with Crippen LogP contribution in [0, 0.1) is 0 Å². The lowest BCUT2D eigenvalue weighted by Crippen LogP contribution is -2.39. The van der Waals surface area contributed by atoms with Crippen molar-refractivity contribution in [3.05, 3.63) is 109 Å². The largest absolute Gasteiger partial charge is 0.493 e. The van der Waals surface area contributed by atoms with Crippen LogP contribution in [0.3, 0.4) is 0 Å². The van der Waals surface area contributed by atoms with Crippen molar-refractivity contribution in [1.82, 2.24) is 4.57 Å². The predicted molar refractivity (Wildman–Crippen MR) is 146 cm³/mol. The summed E-state index contributed by atoms with van der Waals surface area (Å²) in [6.45, 7) is 6.59. The number of ether oxygens (including phenoxy) is 3. The first-order valence-electron chi connectivity index (χ1n) is 11.7. The lowest BCUT2D eigenvalue weighted by atomic mass is 9.95. The van der Waals surface area contributed by atoms with Gasteiger partial charge in [-0.05, 0) is 36.3 Å². The Hall–Kier alpha value is -4.50. The van der Waals surface area contributed by atoms with E-state index in [0.717, 1.165) is 5.56 Å². The Morgan fingerprint density at radius 1 is 1.16 bits per heavy atom. The van der Waals surface area contributed by atoms with Gasteiger partial charge in [-0.2, -0.15) is 0 Å². The maximum Gasteiger partial charge on any atom is 0.338 e. The number of carbonyl (C=O) groups excluding carboxylic acids is 2. The molecule has 0 saturated heterocycles. The molecule has 4 rings (SSSR count). The molecular formula is C29H26N2O6S. The highest BCUT2D eigenvalue weighted by molar-refractivity contribution is 7.07. The van der Waals surface area contributed by atoms with Gasteiger partial charge in [-0.15, -0.1) is 0 Å². The Labute approximate surface area is 223 Å². The molecule has 1 aliphatic heterocycles. The molecule has 1 unspecified atom stereocenters. The molecule has 0 saturated carbocycles. The van der Waals surface area contributed by atoms with Crippen molar-refractivity contribution in [2.24, 2.45) is 4.99 Å². The van der Waals surface area contributed by atoms with E-state index in [0.29, 0.717) is 20.6 Å². The Morgan fingerprint density at radius 3 is 2.61 bits per heavy atom. The summed E-state index contributed by atoms with van der Waals surface area (Å²) >= 11 is 1.23. The summed E-state index contributed by atoms with van der Waals surface area (Å²) in [5, 5.41) is 0. The van der Waals surface area contributed by atoms with E-state index in [2.05, 4.69) is 11.6 Å². The van der Waals surface area contributed by atoms with Crippen LogP contribution in [0.1, 0.15) is 31.0 Å². The minimum atomic E-state index is -0.843. The summed E-state index contributed by atoms with van der Waals surface area (Å²) in [5.41, 5.74) is 1.90. The average Bonchev–Trinajstić information content (AvgIpc) is 3.21. The number of benzene rings is 2. The van der Waals surface area contributed by atoms with Gasteiger partial charge in [0.05, 0.1) is 29.0 Å². The number of allylic oxidation sites excluding steroid dienone is 2. The van der Waals surface area contributed by atoms with Crippen molar-refractivity contribution in [2.75, 3.05) is 13.7 Å². The number of hydrogen-bond donors (Lipinski definition) is 0. The summed E-state index contributed by atoms with van der Waals surface area (Å²) in [7, 11) is 1.44. The van der Waals surface area contributed by atoms with Crippen molar-refractivity contribution in [3.63, 3.8) is 0 Å². The van der Waals surface area contributed by atoms with Crippen LogP contribution in [0.4, 0.5) is 0 Å². The molecule has 0 aliphatic carbocycles. The maximum atomic E-state index is 13.7. The molecule has 0 N–H and O–H groups in total. The van der Waals surface area contributed by atoms with Gasteiger partial charge in [-0.25, -0.2) is 9.79 Å². The number of carbonyl (C=O) groups is 2. The topological polar surface area (TPSA) is 96.2 Å². The molecule has 8 nitrogen and oxygen atoms in total. The molecule has 1 atom stereocenters. The zero-order chi connectivity index (χ0) is 27.2. The predicted octanol–water partition coefficient (Wildman–Crippen LogP) is 3.56. The van der Waals surface area contributed by atoms with E-state index in [1.54, 1.807) is 37.3 Å². The minimum absolute atomic E-state index is 0.00570. The molecule has 9 heteroatoms. The van der Waals surface area contributed by atoms with Crippen LogP contribution in [0.2, 0.25) is 0 Å². The Balaban J connectivity index is 1.87. The second-order valence-corrected chi connectivity index (χ2v) is 9.27. The van der Waals surface area contributed by atoms with Crippen LogP contribution < -0.4 is 24.4 Å². The Bertz CT molecular complexity index is 1630. The van der Waals surface area contributed by atoms with E-state index >= 15 is 0 Å². The first-order chi connectivity index (χ1) is 18.3. The normalized spacial score (nSPS) is 15.1. The van der Waals surface area contributed by atoms with Gasteiger partial charge in [0.15, 0.2) is 16.3 Å². The number of nitrogens with zero attached hydrogens (tertiary/aromatic N) is 2. The zero-order valence-corrected chi connectivity index (χ0v) is 22.0. The second-order valence-electron chi connectivity index (χ2n) is 8.27. The van der Waals surface area contributed by atoms with Gasteiger partial charge >= 0.3 is 11.9 Å². The molecule has 2 heterocycles. The van der Waals surface area contributed by atoms with E-state index in [9.17, 15) is 14.4 Å². The standard InChI is InChI=1S/C29H26N2O6S/c1-5-16-36-28(34)25-18(2)30-29-31(26(25)21-14-15-22(37-19(3)32)23(17-21)35-4)27(33)24(38-29)13-9-12-20-10-7-6-8-11-20/h5-15,17,26H,1,16H2,2-4H3/b12-9+,24-13-. The molecule has 3 aromatic rings. The highest BCUT2D eigenvalue weighted by Gasteiger charge is 2.34. The van der Waals surface area contributed by atoms with E-state index in [4.69, 9.17) is 14.2 Å². The lowest BCUT2D eigenvalue weighted by molar-refractivity contribution is -0.138. The van der Waals surface area contributed by atoms with E-state index < -0.39 is 18.0 Å². The van der Waals surface area contributed by atoms with Gasteiger partial charge < -0.3 is 14.2 Å². The number of esters is 2. The SMILES string of the molecule is C=CCOC(=O)C1=C(C)N=c2s/c(=C\C=C\c3ccccc3)c(=O)n2C1c1ccc(OC(C)=O)c(OC)c1. The van der Waals surface area contributed by atoms with Crippen LogP contribution in [-0.2, 0) is 14.3 Å². The zero-order valence-electron chi connectivity index (χ0n) is 21.2. The van der Waals surface area contributed by atoms with Crippen LogP contribution in [-0.4, -0.2) is 30.2 Å². The molecule has 0 spiro atoms. The van der Waals surface area contributed by atoms with Gasteiger partial charge in [0, 0.05) is 6.92 Å². The summed E-state index contributed by atoms with van der Waals surface area (Å²) in [4.78, 5) is 43.3. The fourth-order valence-electron chi connectivity index (χ4n) is 4.03. The van der Waals surface area contributed by atoms with Gasteiger partial charge in [0.2, 0.25) is 0 Å². The highest BCUT2D eigenvalue weighted by Crippen LogP contribution is 2.36.